The fraction of sp³-hybridized carbons (Fsp3) is 0.263. The highest BCUT2D eigenvalue weighted by Gasteiger charge is 2.46. The maximum atomic E-state index is 12.2. The molecule has 4 atom stereocenters. The first-order valence-corrected chi connectivity index (χ1v) is 8.06. The summed E-state index contributed by atoms with van der Waals surface area (Å²) in [6, 6.07) is 16.6. The summed E-state index contributed by atoms with van der Waals surface area (Å²) in [5.41, 5.74) is 0.644. The van der Waals surface area contributed by atoms with Crippen molar-refractivity contribution in [2.24, 2.45) is 0 Å². The molecule has 1 aliphatic heterocycles. The monoisotopic (exact) mass is 358 g/mol. The molecule has 7 heteroatoms. The fourth-order valence-electron chi connectivity index (χ4n) is 2.58. The SMILES string of the molecule is O=C(OC[C@H]1OC(O)[C@@H](O)[C@@H]1OC(=O)c1ccccc1)c1ccccc1. The van der Waals surface area contributed by atoms with Crippen LogP contribution in [0.2, 0.25) is 0 Å². The van der Waals surface area contributed by atoms with Crippen molar-refractivity contribution in [2.75, 3.05) is 6.61 Å². The minimum Gasteiger partial charge on any atom is -0.459 e. The predicted octanol–water partition coefficient (Wildman–Crippen LogP) is 1.15. The molecule has 0 saturated carbocycles. The van der Waals surface area contributed by atoms with E-state index in [-0.39, 0.29) is 6.61 Å². The van der Waals surface area contributed by atoms with Gasteiger partial charge in [0.25, 0.3) is 0 Å². The van der Waals surface area contributed by atoms with Gasteiger partial charge in [0.1, 0.15) is 18.8 Å². The van der Waals surface area contributed by atoms with Crippen molar-refractivity contribution < 1.29 is 34.0 Å². The number of hydrogen-bond donors (Lipinski definition) is 2. The number of aliphatic hydroxyl groups excluding tert-OH is 2. The fourth-order valence-corrected chi connectivity index (χ4v) is 2.58. The number of hydrogen-bond acceptors (Lipinski definition) is 7. The molecule has 0 bridgehead atoms. The molecule has 2 aromatic carbocycles. The number of carbonyl (C=O) groups is 2. The van der Waals surface area contributed by atoms with E-state index in [1.165, 1.54) is 0 Å². The topological polar surface area (TPSA) is 102 Å². The minimum atomic E-state index is -1.54. The van der Waals surface area contributed by atoms with Gasteiger partial charge in [0.15, 0.2) is 12.4 Å². The Morgan fingerprint density at radius 2 is 1.42 bits per heavy atom. The van der Waals surface area contributed by atoms with E-state index in [0.717, 1.165) is 0 Å². The third-order valence-corrected chi connectivity index (χ3v) is 3.95. The average molecular weight is 358 g/mol. The Balaban J connectivity index is 1.63. The first-order chi connectivity index (χ1) is 12.6. The number of rotatable bonds is 5. The summed E-state index contributed by atoms with van der Waals surface area (Å²) >= 11 is 0. The van der Waals surface area contributed by atoms with E-state index in [2.05, 4.69) is 0 Å². The first-order valence-electron chi connectivity index (χ1n) is 8.06. The van der Waals surface area contributed by atoms with Crippen LogP contribution in [0.25, 0.3) is 0 Å². The van der Waals surface area contributed by atoms with E-state index < -0.39 is 36.5 Å². The van der Waals surface area contributed by atoms with Crippen molar-refractivity contribution in [1.82, 2.24) is 0 Å². The van der Waals surface area contributed by atoms with Gasteiger partial charge in [-0.3, -0.25) is 0 Å². The number of aliphatic hydroxyl groups is 2. The molecule has 2 aromatic rings. The summed E-state index contributed by atoms with van der Waals surface area (Å²) in [4.78, 5) is 24.2. The summed E-state index contributed by atoms with van der Waals surface area (Å²) in [6.45, 7) is -0.283. The molecule has 0 radical (unpaired) electrons. The molecule has 2 N–H and O–H groups in total. The summed E-state index contributed by atoms with van der Waals surface area (Å²) in [6.07, 6.45) is -5.13. The highest BCUT2D eigenvalue weighted by atomic mass is 16.7. The van der Waals surface area contributed by atoms with Crippen molar-refractivity contribution in [3.8, 4) is 0 Å². The summed E-state index contributed by atoms with van der Waals surface area (Å²) in [5, 5.41) is 19.7. The second-order valence-corrected chi connectivity index (χ2v) is 5.76. The molecule has 1 unspecified atom stereocenters. The highest BCUT2D eigenvalue weighted by Crippen LogP contribution is 2.24. The second-order valence-electron chi connectivity index (χ2n) is 5.76. The Kier molecular flexibility index (Phi) is 5.62. The van der Waals surface area contributed by atoms with E-state index in [1.54, 1.807) is 60.7 Å². The zero-order valence-corrected chi connectivity index (χ0v) is 13.7. The Morgan fingerprint density at radius 3 is 2.00 bits per heavy atom. The maximum Gasteiger partial charge on any atom is 0.338 e. The number of ether oxygens (including phenoxy) is 3. The lowest BCUT2D eigenvalue weighted by atomic mass is 10.1. The molecule has 0 aromatic heterocycles. The van der Waals surface area contributed by atoms with Crippen LogP contribution in [0.4, 0.5) is 0 Å². The van der Waals surface area contributed by atoms with E-state index in [4.69, 9.17) is 14.2 Å². The third kappa shape index (κ3) is 4.08. The van der Waals surface area contributed by atoms with Gasteiger partial charge in [-0.05, 0) is 24.3 Å². The Bertz CT molecular complexity index is 747. The summed E-state index contributed by atoms with van der Waals surface area (Å²) in [5.74, 6) is -1.26. The molecular weight excluding hydrogens is 340 g/mol. The zero-order chi connectivity index (χ0) is 18.5. The van der Waals surface area contributed by atoms with Gasteiger partial charge in [-0.1, -0.05) is 36.4 Å². The van der Waals surface area contributed by atoms with Crippen molar-refractivity contribution in [3.05, 3.63) is 71.8 Å². The van der Waals surface area contributed by atoms with Crippen LogP contribution in [0.1, 0.15) is 20.7 Å². The minimum absolute atomic E-state index is 0.283. The zero-order valence-electron chi connectivity index (χ0n) is 13.7. The van der Waals surface area contributed by atoms with Crippen LogP contribution >= 0.6 is 0 Å². The lowest BCUT2D eigenvalue weighted by Crippen LogP contribution is -2.39. The van der Waals surface area contributed by atoms with Crippen LogP contribution in [-0.2, 0) is 14.2 Å². The smallest absolute Gasteiger partial charge is 0.338 e. The molecule has 0 amide bonds. The van der Waals surface area contributed by atoms with E-state index in [0.29, 0.717) is 11.1 Å². The predicted molar refractivity (Wildman–Crippen MR) is 89.3 cm³/mol. The summed E-state index contributed by atoms with van der Waals surface area (Å²) in [7, 11) is 0. The largest absolute Gasteiger partial charge is 0.459 e. The molecule has 3 rings (SSSR count). The van der Waals surface area contributed by atoms with Gasteiger partial charge in [-0.2, -0.15) is 0 Å². The van der Waals surface area contributed by atoms with Crippen LogP contribution in [-0.4, -0.2) is 53.4 Å². The lowest BCUT2D eigenvalue weighted by Gasteiger charge is -2.20. The molecule has 1 heterocycles. The van der Waals surface area contributed by atoms with Gasteiger partial charge in [0, 0.05) is 0 Å². The maximum absolute atomic E-state index is 12.2. The van der Waals surface area contributed by atoms with Crippen molar-refractivity contribution in [1.29, 1.82) is 0 Å². The molecule has 0 spiro atoms. The first kappa shape index (κ1) is 18.1. The lowest BCUT2D eigenvalue weighted by molar-refractivity contribution is -0.133. The van der Waals surface area contributed by atoms with Gasteiger partial charge in [-0.15, -0.1) is 0 Å². The third-order valence-electron chi connectivity index (χ3n) is 3.95. The van der Waals surface area contributed by atoms with Gasteiger partial charge < -0.3 is 24.4 Å². The van der Waals surface area contributed by atoms with Crippen LogP contribution in [0.5, 0.6) is 0 Å². The van der Waals surface area contributed by atoms with Crippen molar-refractivity contribution in [2.45, 2.75) is 24.6 Å². The number of carbonyl (C=O) groups excluding carboxylic acids is 2. The average Bonchev–Trinajstić information content (AvgIpc) is 2.95. The Labute approximate surface area is 149 Å². The molecule has 7 nitrogen and oxygen atoms in total. The van der Waals surface area contributed by atoms with E-state index in [1.807, 2.05) is 0 Å². The van der Waals surface area contributed by atoms with E-state index >= 15 is 0 Å². The van der Waals surface area contributed by atoms with Crippen LogP contribution in [0.15, 0.2) is 60.7 Å². The van der Waals surface area contributed by atoms with Gasteiger partial charge in [0.2, 0.25) is 0 Å². The quantitative estimate of drug-likeness (QED) is 0.773. The summed E-state index contributed by atoms with van der Waals surface area (Å²) < 4.78 is 15.6. The normalized spacial score (nSPS) is 24.8. The van der Waals surface area contributed by atoms with E-state index in [9.17, 15) is 19.8 Å². The van der Waals surface area contributed by atoms with Gasteiger partial charge in [0.05, 0.1) is 11.1 Å². The molecule has 136 valence electrons. The van der Waals surface area contributed by atoms with Crippen molar-refractivity contribution >= 4 is 11.9 Å². The molecule has 1 fully saturated rings. The molecule has 1 aliphatic rings. The molecule has 1 saturated heterocycles. The van der Waals surface area contributed by atoms with Crippen LogP contribution in [0, 0.1) is 0 Å². The number of esters is 2. The Morgan fingerprint density at radius 1 is 0.885 bits per heavy atom. The number of benzene rings is 2. The Hall–Kier alpha value is -2.74. The molecular formula is C19H18O7. The van der Waals surface area contributed by atoms with Crippen LogP contribution < -0.4 is 0 Å². The van der Waals surface area contributed by atoms with Gasteiger partial charge >= 0.3 is 11.9 Å². The van der Waals surface area contributed by atoms with Crippen LogP contribution in [0.3, 0.4) is 0 Å². The molecule has 0 aliphatic carbocycles. The highest BCUT2D eigenvalue weighted by molar-refractivity contribution is 5.90. The standard InChI is InChI=1S/C19H18O7/c20-15-16(26-18(22)13-9-5-2-6-10-13)14(25-19(15)23)11-24-17(21)12-7-3-1-4-8-12/h1-10,14-16,19-20,23H,11H2/t14-,15+,16-,19?/m1/s1. The van der Waals surface area contributed by atoms with Gasteiger partial charge in [-0.25, -0.2) is 9.59 Å². The second kappa shape index (κ2) is 8.09. The van der Waals surface area contributed by atoms with Crippen molar-refractivity contribution in [3.63, 3.8) is 0 Å². The molecule has 26 heavy (non-hydrogen) atoms.